The lowest BCUT2D eigenvalue weighted by Crippen LogP contribution is -2.42. The summed E-state index contributed by atoms with van der Waals surface area (Å²) in [5.74, 6) is 1.06. The molecule has 1 aromatic carbocycles. The number of nitrogens with one attached hydrogen (secondary N) is 1. The van der Waals surface area contributed by atoms with Crippen LogP contribution in [0.15, 0.2) is 12.1 Å². The van der Waals surface area contributed by atoms with Crippen LogP contribution in [0.2, 0.25) is 0 Å². The molecule has 1 saturated heterocycles. The molecule has 1 N–H and O–H groups in total. The Hall–Kier alpha value is -1.10. The van der Waals surface area contributed by atoms with Crippen LogP contribution in [0.3, 0.4) is 0 Å². The Bertz CT molecular complexity index is 430. The van der Waals surface area contributed by atoms with Crippen LogP contribution in [0.1, 0.15) is 16.7 Å². The van der Waals surface area contributed by atoms with E-state index in [9.17, 15) is 0 Å². The molecule has 4 heteroatoms. The number of rotatable bonds is 6. The molecular formula is C17H29N3O. The summed E-state index contributed by atoms with van der Waals surface area (Å²) in [5.41, 5.74) is 3.89. The van der Waals surface area contributed by atoms with Gasteiger partial charge in [0.2, 0.25) is 0 Å². The Balaban J connectivity index is 1.98. The zero-order valence-corrected chi connectivity index (χ0v) is 13.9. The van der Waals surface area contributed by atoms with Crippen molar-refractivity contribution in [3.8, 4) is 5.75 Å². The molecule has 4 nitrogen and oxygen atoms in total. The first-order valence-corrected chi connectivity index (χ1v) is 7.87. The number of nitrogens with zero attached hydrogens (tertiary/aromatic N) is 2. The van der Waals surface area contributed by atoms with Crippen LogP contribution >= 0.6 is 0 Å². The molecule has 118 valence electrons. The maximum Gasteiger partial charge on any atom is 0.125 e. The SMILES string of the molecule is Cc1cc(CN2CCNCC2)cc(C)c1OCCN(C)C. The highest BCUT2D eigenvalue weighted by atomic mass is 16.5. The van der Waals surface area contributed by atoms with E-state index in [-0.39, 0.29) is 0 Å². The summed E-state index contributed by atoms with van der Waals surface area (Å²) in [6.45, 7) is 11.5. The molecule has 21 heavy (non-hydrogen) atoms. The summed E-state index contributed by atoms with van der Waals surface area (Å²) in [6, 6.07) is 4.56. The van der Waals surface area contributed by atoms with Crippen LogP contribution < -0.4 is 10.1 Å². The van der Waals surface area contributed by atoms with Crippen LogP contribution in [0.4, 0.5) is 0 Å². The second-order valence-corrected chi connectivity index (χ2v) is 6.24. The molecule has 1 aliphatic rings. The molecular weight excluding hydrogens is 262 g/mol. The van der Waals surface area contributed by atoms with Crippen molar-refractivity contribution in [1.82, 2.24) is 15.1 Å². The molecule has 0 aliphatic carbocycles. The van der Waals surface area contributed by atoms with Gasteiger partial charge in [0.25, 0.3) is 0 Å². The Morgan fingerprint density at radius 3 is 2.33 bits per heavy atom. The van der Waals surface area contributed by atoms with Crippen molar-refractivity contribution < 1.29 is 4.74 Å². The van der Waals surface area contributed by atoms with Gasteiger partial charge in [-0.1, -0.05) is 12.1 Å². The summed E-state index contributed by atoms with van der Waals surface area (Å²) < 4.78 is 5.96. The lowest BCUT2D eigenvalue weighted by atomic mass is 10.0. The molecule has 1 aromatic rings. The first-order chi connectivity index (χ1) is 10.1. The number of ether oxygens (including phenoxy) is 1. The van der Waals surface area contributed by atoms with Crippen molar-refractivity contribution in [2.24, 2.45) is 0 Å². The van der Waals surface area contributed by atoms with E-state index in [1.807, 2.05) is 0 Å². The van der Waals surface area contributed by atoms with Gasteiger partial charge in [-0.25, -0.2) is 0 Å². The number of hydrogen-bond donors (Lipinski definition) is 1. The molecule has 2 rings (SSSR count). The zero-order valence-electron chi connectivity index (χ0n) is 13.9. The Kier molecular flexibility index (Phi) is 6.03. The van der Waals surface area contributed by atoms with Crippen LogP contribution in [0.5, 0.6) is 5.75 Å². The zero-order chi connectivity index (χ0) is 15.2. The summed E-state index contributed by atoms with van der Waals surface area (Å²) in [6.07, 6.45) is 0. The van der Waals surface area contributed by atoms with Gasteiger partial charge in [-0.15, -0.1) is 0 Å². The first kappa shape index (κ1) is 16.3. The van der Waals surface area contributed by atoms with Gasteiger partial charge in [0.05, 0.1) is 0 Å². The van der Waals surface area contributed by atoms with Gasteiger partial charge in [0.1, 0.15) is 12.4 Å². The maximum atomic E-state index is 5.96. The Morgan fingerprint density at radius 1 is 1.14 bits per heavy atom. The number of benzene rings is 1. The van der Waals surface area contributed by atoms with Gasteiger partial charge in [0.15, 0.2) is 0 Å². The molecule has 0 unspecified atom stereocenters. The molecule has 0 saturated carbocycles. The third-order valence-corrected chi connectivity index (χ3v) is 3.92. The fourth-order valence-corrected chi connectivity index (χ4v) is 2.82. The minimum atomic E-state index is 0.742. The molecule has 1 heterocycles. The minimum Gasteiger partial charge on any atom is -0.492 e. The lowest BCUT2D eigenvalue weighted by molar-refractivity contribution is 0.232. The lowest BCUT2D eigenvalue weighted by Gasteiger charge is -2.27. The van der Waals surface area contributed by atoms with Gasteiger partial charge < -0.3 is 15.0 Å². The van der Waals surface area contributed by atoms with Crippen molar-refractivity contribution in [2.45, 2.75) is 20.4 Å². The van der Waals surface area contributed by atoms with Crippen LogP contribution in [0.25, 0.3) is 0 Å². The second-order valence-electron chi connectivity index (χ2n) is 6.24. The third-order valence-electron chi connectivity index (χ3n) is 3.92. The smallest absolute Gasteiger partial charge is 0.125 e. The van der Waals surface area contributed by atoms with E-state index >= 15 is 0 Å². The predicted octanol–water partition coefficient (Wildman–Crippen LogP) is 1.65. The maximum absolute atomic E-state index is 5.96. The largest absolute Gasteiger partial charge is 0.492 e. The van der Waals surface area contributed by atoms with Crippen molar-refractivity contribution >= 4 is 0 Å². The van der Waals surface area contributed by atoms with E-state index in [0.717, 1.165) is 51.6 Å². The monoisotopic (exact) mass is 291 g/mol. The number of aryl methyl sites for hydroxylation is 2. The summed E-state index contributed by atoms with van der Waals surface area (Å²) in [5, 5.41) is 3.40. The highest BCUT2D eigenvalue weighted by Crippen LogP contribution is 2.25. The average Bonchev–Trinajstić information content (AvgIpc) is 2.42. The predicted molar refractivity (Wildman–Crippen MR) is 88.1 cm³/mol. The van der Waals surface area contributed by atoms with Gasteiger partial charge >= 0.3 is 0 Å². The molecule has 1 aliphatic heterocycles. The molecule has 0 amide bonds. The molecule has 0 atom stereocenters. The fraction of sp³-hybridized carbons (Fsp3) is 0.647. The second kappa shape index (κ2) is 7.78. The van der Waals surface area contributed by atoms with E-state index in [2.05, 4.69) is 55.2 Å². The fourth-order valence-electron chi connectivity index (χ4n) is 2.82. The molecule has 0 spiro atoms. The van der Waals surface area contributed by atoms with E-state index in [0.29, 0.717) is 0 Å². The molecule has 1 fully saturated rings. The quantitative estimate of drug-likeness (QED) is 0.862. The number of likely N-dealkylation sites (N-methyl/N-ethyl adjacent to an activating group) is 1. The van der Waals surface area contributed by atoms with E-state index < -0.39 is 0 Å². The van der Waals surface area contributed by atoms with Crippen molar-refractivity contribution in [3.63, 3.8) is 0 Å². The Labute approximate surface area is 129 Å². The summed E-state index contributed by atoms with van der Waals surface area (Å²) in [4.78, 5) is 4.65. The molecule has 0 aromatic heterocycles. The van der Waals surface area contributed by atoms with Gasteiger partial charge in [0, 0.05) is 39.3 Å². The van der Waals surface area contributed by atoms with Crippen LogP contribution in [0, 0.1) is 13.8 Å². The van der Waals surface area contributed by atoms with E-state index in [1.165, 1.54) is 16.7 Å². The minimum absolute atomic E-state index is 0.742. The molecule has 0 radical (unpaired) electrons. The van der Waals surface area contributed by atoms with Crippen molar-refractivity contribution in [3.05, 3.63) is 28.8 Å². The van der Waals surface area contributed by atoms with Gasteiger partial charge in [-0.05, 0) is 44.6 Å². The highest BCUT2D eigenvalue weighted by molar-refractivity contribution is 5.43. The van der Waals surface area contributed by atoms with Crippen LogP contribution in [-0.4, -0.2) is 63.2 Å². The van der Waals surface area contributed by atoms with Gasteiger partial charge in [-0.2, -0.15) is 0 Å². The normalized spacial score (nSPS) is 16.4. The topological polar surface area (TPSA) is 27.7 Å². The first-order valence-electron chi connectivity index (χ1n) is 7.87. The third kappa shape index (κ3) is 4.99. The average molecular weight is 291 g/mol. The summed E-state index contributed by atoms with van der Waals surface area (Å²) >= 11 is 0. The van der Waals surface area contributed by atoms with E-state index in [4.69, 9.17) is 4.74 Å². The standard InChI is InChI=1S/C17H29N3O/c1-14-11-16(13-20-7-5-18-6-8-20)12-15(2)17(14)21-10-9-19(3)4/h11-12,18H,5-10,13H2,1-4H3. The Morgan fingerprint density at radius 2 is 1.76 bits per heavy atom. The highest BCUT2D eigenvalue weighted by Gasteiger charge is 2.12. The number of hydrogen-bond acceptors (Lipinski definition) is 4. The van der Waals surface area contributed by atoms with Crippen molar-refractivity contribution in [2.75, 3.05) is 53.4 Å². The van der Waals surface area contributed by atoms with Gasteiger partial charge in [-0.3, -0.25) is 4.90 Å². The number of piperazine rings is 1. The van der Waals surface area contributed by atoms with Crippen molar-refractivity contribution in [1.29, 1.82) is 0 Å². The summed E-state index contributed by atoms with van der Waals surface area (Å²) in [7, 11) is 4.14. The molecule has 0 bridgehead atoms. The van der Waals surface area contributed by atoms with Crippen LogP contribution in [-0.2, 0) is 6.54 Å². The van der Waals surface area contributed by atoms with E-state index in [1.54, 1.807) is 0 Å².